The predicted octanol–water partition coefficient (Wildman–Crippen LogP) is 2.80. The van der Waals surface area contributed by atoms with Crippen LogP contribution in [0.3, 0.4) is 0 Å². The number of esters is 1. The Bertz CT molecular complexity index is 646. The molecule has 142 valence electrons. The second-order valence-corrected chi connectivity index (χ2v) is 7.29. The number of likely N-dealkylation sites (tertiary alicyclic amines) is 1. The molecule has 3 rings (SSSR count). The van der Waals surface area contributed by atoms with E-state index in [0.717, 1.165) is 57.7 Å². The average molecular weight is 359 g/mol. The van der Waals surface area contributed by atoms with E-state index in [2.05, 4.69) is 14.8 Å². The van der Waals surface area contributed by atoms with E-state index in [-0.39, 0.29) is 11.9 Å². The molecule has 26 heavy (non-hydrogen) atoms. The third-order valence-corrected chi connectivity index (χ3v) is 5.56. The second kappa shape index (κ2) is 8.52. The standard InChI is InChI=1S/C20H29N3O3/c1-15-17(20(25)26-2)7-8-18(21-15)22-13-9-16(10-14-22)19(24)23-11-5-3-4-6-12-23/h7-8,16H,3-6,9-14H2,1-2H3. The molecule has 1 aromatic heterocycles. The highest BCUT2D eigenvalue weighted by Crippen LogP contribution is 2.25. The van der Waals surface area contributed by atoms with Gasteiger partial charge in [-0.05, 0) is 44.7 Å². The Balaban J connectivity index is 1.59. The fourth-order valence-corrected chi connectivity index (χ4v) is 3.95. The van der Waals surface area contributed by atoms with Gasteiger partial charge in [0.15, 0.2) is 0 Å². The molecule has 0 saturated carbocycles. The first-order valence-electron chi connectivity index (χ1n) is 9.70. The molecule has 0 bridgehead atoms. The highest BCUT2D eigenvalue weighted by atomic mass is 16.5. The summed E-state index contributed by atoms with van der Waals surface area (Å²) < 4.78 is 4.77. The van der Waals surface area contributed by atoms with Gasteiger partial charge < -0.3 is 14.5 Å². The van der Waals surface area contributed by atoms with Crippen molar-refractivity contribution in [1.82, 2.24) is 9.88 Å². The number of rotatable bonds is 3. The van der Waals surface area contributed by atoms with E-state index in [1.807, 2.05) is 13.0 Å². The second-order valence-electron chi connectivity index (χ2n) is 7.29. The molecular formula is C20H29N3O3. The van der Waals surface area contributed by atoms with Gasteiger partial charge in [0.1, 0.15) is 5.82 Å². The molecule has 2 fully saturated rings. The summed E-state index contributed by atoms with van der Waals surface area (Å²) in [5, 5.41) is 0. The maximum atomic E-state index is 12.8. The van der Waals surface area contributed by atoms with E-state index in [1.165, 1.54) is 20.0 Å². The Labute approximate surface area is 155 Å². The lowest BCUT2D eigenvalue weighted by molar-refractivity contribution is -0.136. The van der Waals surface area contributed by atoms with Crippen LogP contribution in [0.5, 0.6) is 0 Å². The number of ether oxygens (including phenoxy) is 1. The molecule has 6 heteroatoms. The normalized spacial score (nSPS) is 19.2. The van der Waals surface area contributed by atoms with Crippen molar-refractivity contribution in [3.8, 4) is 0 Å². The highest BCUT2D eigenvalue weighted by Gasteiger charge is 2.29. The van der Waals surface area contributed by atoms with Crippen LogP contribution in [0.4, 0.5) is 5.82 Å². The smallest absolute Gasteiger partial charge is 0.339 e. The van der Waals surface area contributed by atoms with Crippen LogP contribution in [0.25, 0.3) is 0 Å². The first-order chi connectivity index (χ1) is 12.6. The third-order valence-electron chi connectivity index (χ3n) is 5.56. The molecule has 0 radical (unpaired) electrons. The Hall–Kier alpha value is -2.11. The largest absolute Gasteiger partial charge is 0.465 e. The lowest BCUT2D eigenvalue weighted by atomic mass is 9.95. The highest BCUT2D eigenvalue weighted by molar-refractivity contribution is 5.90. The molecule has 0 aromatic carbocycles. The first kappa shape index (κ1) is 18.7. The minimum absolute atomic E-state index is 0.139. The summed E-state index contributed by atoms with van der Waals surface area (Å²) in [7, 11) is 1.38. The van der Waals surface area contributed by atoms with Crippen molar-refractivity contribution in [3.63, 3.8) is 0 Å². The molecule has 3 heterocycles. The summed E-state index contributed by atoms with van der Waals surface area (Å²) in [5.74, 6) is 0.996. The maximum Gasteiger partial charge on any atom is 0.339 e. The molecule has 2 aliphatic rings. The number of hydrogen-bond donors (Lipinski definition) is 0. The Kier molecular flexibility index (Phi) is 6.12. The van der Waals surface area contributed by atoms with Gasteiger partial charge in [0.2, 0.25) is 5.91 Å². The lowest BCUT2D eigenvalue weighted by Gasteiger charge is -2.34. The Morgan fingerprint density at radius 1 is 1.04 bits per heavy atom. The van der Waals surface area contributed by atoms with Gasteiger partial charge in [-0.25, -0.2) is 9.78 Å². The molecule has 2 saturated heterocycles. The first-order valence-corrected chi connectivity index (χ1v) is 9.70. The quantitative estimate of drug-likeness (QED) is 0.777. The number of nitrogens with zero attached hydrogens (tertiary/aromatic N) is 3. The van der Waals surface area contributed by atoms with Gasteiger partial charge in [-0.2, -0.15) is 0 Å². The zero-order valence-electron chi connectivity index (χ0n) is 15.9. The van der Waals surface area contributed by atoms with Crippen LogP contribution in [-0.4, -0.2) is 55.0 Å². The molecular weight excluding hydrogens is 330 g/mol. The molecule has 0 N–H and O–H groups in total. The number of anilines is 1. The van der Waals surface area contributed by atoms with Crippen molar-refractivity contribution in [3.05, 3.63) is 23.4 Å². The molecule has 0 atom stereocenters. The molecule has 6 nitrogen and oxygen atoms in total. The van der Waals surface area contributed by atoms with E-state index >= 15 is 0 Å². The monoisotopic (exact) mass is 359 g/mol. The van der Waals surface area contributed by atoms with Crippen molar-refractivity contribution in [2.75, 3.05) is 38.2 Å². The number of pyridine rings is 1. The van der Waals surface area contributed by atoms with Crippen LogP contribution in [0.2, 0.25) is 0 Å². The SMILES string of the molecule is COC(=O)c1ccc(N2CCC(C(=O)N3CCCCCC3)CC2)nc1C. The minimum atomic E-state index is -0.358. The van der Waals surface area contributed by atoms with Crippen molar-refractivity contribution in [2.24, 2.45) is 5.92 Å². The number of carbonyl (C=O) groups is 2. The maximum absolute atomic E-state index is 12.8. The van der Waals surface area contributed by atoms with Crippen molar-refractivity contribution in [1.29, 1.82) is 0 Å². The molecule has 0 aliphatic carbocycles. The van der Waals surface area contributed by atoms with Gasteiger partial charge >= 0.3 is 5.97 Å². The van der Waals surface area contributed by atoms with Crippen LogP contribution in [-0.2, 0) is 9.53 Å². The van der Waals surface area contributed by atoms with Crippen LogP contribution in [0, 0.1) is 12.8 Å². The number of amides is 1. The van der Waals surface area contributed by atoms with Gasteiger partial charge in [-0.15, -0.1) is 0 Å². The summed E-state index contributed by atoms with van der Waals surface area (Å²) in [6.45, 7) is 5.33. The van der Waals surface area contributed by atoms with Crippen LogP contribution in [0.15, 0.2) is 12.1 Å². The molecule has 2 aliphatic heterocycles. The molecule has 0 unspecified atom stereocenters. The number of aromatic nitrogens is 1. The van der Waals surface area contributed by atoms with Crippen molar-refractivity contribution < 1.29 is 14.3 Å². The zero-order valence-corrected chi connectivity index (χ0v) is 15.9. The van der Waals surface area contributed by atoms with Crippen LogP contribution >= 0.6 is 0 Å². The fourth-order valence-electron chi connectivity index (χ4n) is 3.95. The Morgan fingerprint density at radius 2 is 1.69 bits per heavy atom. The van der Waals surface area contributed by atoms with Gasteiger partial charge in [-0.3, -0.25) is 4.79 Å². The number of methoxy groups -OCH3 is 1. The van der Waals surface area contributed by atoms with Gasteiger partial charge in [0, 0.05) is 32.1 Å². The van der Waals surface area contributed by atoms with E-state index in [1.54, 1.807) is 6.07 Å². The van der Waals surface area contributed by atoms with E-state index in [4.69, 9.17) is 4.74 Å². The molecule has 1 aromatic rings. The number of aryl methyl sites for hydroxylation is 1. The van der Waals surface area contributed by atoms with E-state index < -0.39 is 0 Å². The van der Waals surface area contributed by atoms with Gasteiger partial charge in [0.25, 0.3) is 0 Å². The summed E-state index contributed by atoms with van der Waals surface area (Å²) in [4.78, 5) is 33.4. The minimum Gasteiger partial charge on any atom is -0.465 e. The summed E-state index contributed by atoms with van der Waals surface area (Å²) in [6, 6.07) is 3.65. The lowest BCUT2D eigenvalue weighted by Crippen LogP contribution is -2.43. The molecule has 0 spiro atoms. The zero-order chi connectivity index (χ0) is 18.5. The predicted molar refractivity (Wildman–Crippen MR) is 100 cm³/mol. The summed E-state index contributed by atoms with van der Waals surface area (Å²) in [5.41, 5.74) is 1.18. The third kappa shape index (κ3) is 4.17. The average Bonchev–Trinajstić information content (AvgIpc) is 2.96. The number of piperidine rings is 1. The van der Waals surface area contributed by atoms with Crippen LogP contribution < -0.4 is 4.90 Å². The van der Waals surface area contributed by atoms with Gasteiger partial charge in [-0.1, -0.05) is 12.8 Å². The summed E-state index contributed by atoms with van der Waals surface area (Å²) >= 11 is 0. The van der Waals surface area contributed by atoms with Crippen molar-refractivity contribution >= 4 is 17.7 Å². The van der Waals surface area contributed by atoms with E-state index in [0.29, 0.717) is 17.2 Å². The van der Waals surface area contributed by atoms with Crippen LogP contribution in [0.1, 0.15) is 54.6 Å². The van der Waals surface area contributed by atoms with Gasteiger partial charge in [0.05, 0.1) is 18.4 Å². The molecule has 1 amide bonds. The fraction of sp³-hybridized carbons (Fsp3) is 0.650. The Morgan fingerprint density at radius 3 is 2.27 bits per heavy atom. The number of hydrogen-bond acceptors (Lipinski definition) is 5. The van der Waals surface area contributed by atoms with Crippen molar-refractivity contribution in [2.45, 2.75) is 45.4 Å². The van der Waals surface area contributed by atoms with E-state index in [9.17, 15) is 9.59 Å². The topological polar surface area (TPSA) is 62.7 Å². The number of carbonyl (C=O) groups excluding carboxylic acids is 2. The summed E-state index contributed by atoms with van der Waals surface area (Å²) in [6.07, 6.45) is 6.51.